The first kappa shape index (κ1) is 15.4. The van der Waals surface area contributed by atoms with Gasteiger partial charge in [-0.05, 0) is 32.4 Å². The lowest BCUT2D eigenvalue weighted by Crippen LogP contribution is -2.07. The molecule has 0 radical (unpaired) electrons. The first-order chi connectivity index (χ1) is 7.31. The highest BCUT2D eigenvalue weighted by atomic mass is 79.9. The van der Waals surface area contributed by atoms with Crippen LogP contribution in [0.3, 0.4) is 0 Å². The van der Waals surface area contributed by atoms with E-state index in [9.17, 15) is 0 Å². The molecule has 0 aliphatic heterocycles. The summed E-state index contributed by atoms with van der Waals surface area (Å²) in [4.78, 5) is 0.639. The molecule has 0 bridgehead atoms. The monoisotopic (exact) mass is 278 g/mol. The van der Waals surface area contributed by atoms with Crippen LogP contribution in [0.1, 0.15) is 57.8 Å². The third kappa shape index (κ3) is 12.3. The number of rotatable bonds is 11. The molecule has 92 valence electrons. The second kappa shape index (κ2) is 12.5. The highest BCUT2D eigenvalue weighted by molar-refractivity contribution is 9.09. The zero-order valence-electron chi connectivity index (χ0n) is 9.89. The fourth-order valence-electron chi connectivity index (χ4n) is 1.72. The zero-order chi connectivity index (χ0) is 11.4. The Morgan fingerprint density at radius 1 is 0.667 bits per heavy atom. The van der Waals surface area contributed by atoms with Gasteiger partial charge in [0.15, 0.2) is 0 Å². The molecule has 0 aromatic carbocycles. The van der Waals surface area contributed by atoms with E-state index in [4.69, 9.17) is 11.5 Å². The molecule has 1 atom stereocenters. The summed E-state index contributed by atoms with van der Waals surface area (Å²) in [7, 11) is 0. The Bertz CT molecular complexity index is 120. The number of nitrogens with two attached hydrogens (primary N) is 2. The van der Waals surface area contributed by atoms with E-state index in [0.717, 1.165) is 19.5 Å². The number of halogens is 1. The van der Waals surface area contributed by atoms with Crippen LogP contribution in [0.15, 0.2) is 0 Å². The van der Waals surface area contributed by atoms with Gasteiger partial charge in [0.25, 0.3) is 0 Å². The lowest BCUT2D eigenvalue weighted by atomic mass is 10.1. The molecule has 3 heteroatoms. The largest absolute Gasteiger partial charge is 0.330 e. The van der Waals surface area contributed by atoms with Crippen molar-refractivity contribution < 1.29 is 0 Å². The molecule has 0 amide bonds. The summed E-state index contributed by atoms with van der Waals surface area (Å²) in [6.45, 7) is 1.65. The first-order valence-corrected chi connectivity index (χ1v) is 7.27. The molecular formula is C12H27BrN2. The Morgan fingerprint density at radius 2 is 1.20 bits per heavy atom. The zero-order valence-corrected chi connectivity index (χ0v) is 11.5. The van der Waals surface area contributed by atoms with Crippen LogP contribution in [0.4, 0.5) is 0 Å². The van der Waals surface area contributed by atoms with E-state index in [1.807, 2.05) is 0 Å². The van der Waals surface area contributed by atoms with Crippen molar-refractivity contribution in [3.63, 3.8) is 0 Å². The maximum Gasteiger partial charge on any atom is 0.0157 e. The van der Waals surface area contributed by atoms with Gasteiger partial charge < -0.3 is 11.5 Å². The molecule has 0 aliphatic rings. The summed E-state index contributed by atoms with van der Waals surface area (Å²) < 4.78 is 0. The summed E-state index contributed by atoms with van der Waals surface area (Å²) >= 11 is 3.65. The first-order valence-electron chi connectivity index (χ1n) is 6.35. The SMILES string of the molecule is NCCCCCCCCCC(Br)CCN. The lowest BCUT2D eigenvalue weighted by Gasteiger charge is -2.07. The smallest absolute Gasteiger partial charge is 0.0157 e. The van der Waals surface area contributed by atoms with Crippen molar-refractivity contribution in [3.8, 4) is 0 Å². The van der Waals surface area contributed by atoms with E-state index in [1.165, 1.54) is 51.4 Å². The highest BCUT2D eigenvalue weighted by Crippen LogP contribution is 2.15. The molecule has 0 spiro atoms. The minimum Gasteiger partial charge on any atom is -0.330 e. The van der Waals surface area contributed by atoms with Crippen LogP contribution >= 0.6 is 15.9 Å². The minimum atomic E-state index is 0.639. The molecule has 1 unspecified atom stereocenters. The molecular weight excluding hydrogens is 252 g/mol. The molecule has 0 aromatic heterocycles. The van der Waals surface area contributed by atoms with Gasteiger partial charge in [-0.1, -0.05) is 54.5 Å². The molecule has 0 aliphatic carbocycles. The number of hydrogen-bond donors (Lipinski definition) is 2. The predicted octanol–water partition coefficient (Wildman–Crippen LogP) is 3.18. The normalized spacial score (nSPS) is 13.0. The molecule has 15 heavy (non-hydrogen) atoms. The van der Waals surface area contributed by atoms with Crippen molar-refractivity contribution >= 4 is 15.9 Å². The number of hydrogen-bond acceptors (Lipinski definition) is 2. The molecule has 0 fully saturated rings. The van der Waals surface area contributed by atoms with Gasteiger partial charge in [0.2, 0.25) is 0 Å². The van der Waals surface area contributed by atoms with E-state index >= 15 is 0 Å². The molecule has 2 nitrogen and oxygen atoms in total. The standard InChI is InChI=1S/C12H27BrN2/c13-12(9-11-15)8-6-4-2-1-3-5-7-10-14/h12H,1-11,14-15H2. The second-order valence-electron chi connectivity index (χ2n) is 4.23. The molecule has 0 saturated carbocycles. The van der Waals surface area contributed by atoms with Crippen molar-refractivity contribution in [2.24, 2.45) is 11.5 Å². The van der Waals surface area contributed by atoms with Crippen molar-refractivity contribution in [1.82, 2.24) is 0 Å². The summed E-state index contributed by atoms with van der Waals surface area (Å²) in [6, 6.07) is 0. The minimum absolute atomic E-state index is 0.639. The third-order valence-electron chi connectivity index (χ3n) is 2.70. The highest BCUT2D eigenvalue weighted by Gasteiger charge is 2.01. The Kier molecular flexibility index (Phi) is 12.8. The average molecular weight is 279 g/mol. The van der Waals surface area contributed by atoms with Crippen molar-refractivity contribution in [2.45, 2.75) is 62.6 Å². The van der Waals surface area contributed by atoms with Crippen molar-refractivity contribution in [3.05, 3.63) is 0 Å². The van der Waals surface area contributed by atoms with Gasteiger partial charge in [-0.2, -0.15) is 0 Å². The fraction of sp³-hybridized carbons (Fsp3) is 1.00. The Hall–Kier alpha value is 0.400. The Balaban J connectivity index is 2.98. The quantitative estimate of drug-likeness (QED) is 0.451. The molecule has 0 saturated heterocycles. The van der Waals surface area contributed by atoms with E-state index < -0.39 is 0 Å². The van der Waals surface area contributed by atoms with Crippen LogP contribution in [-0.4, -0.2) is 17.9 Å². The van der Waals surface area contributed by atoms with Gasteiger partial charge in [-0.15, -0.1) is 0 Å². The molecule has 0 heterocycles. The lowest BCUT2D eigenvalue weighted by molar-refractivity contribution is 0.561. The average Bonchev–Trinajstić information content (AvgIpc) is 2.22. The summed E-state index contributed by atoms with van der Waals surface area (Å²) in [6.07, 6.45) is 11.7. The van der Waals surface area contributed by atoms with E-state index in [1.54, 1.807) is 0 Å². The van der Waals surface area contributed by atoms with Crippen LogP contribution in [0, 0.1) is 0 Å². The van der Waals surface area contributed by atoms with Crippen molar-refractivity contribution in [1.29, 1.82) is 0 Å². The topological polar surface area (TPSA) is 52.0 Å². The third-order valence-corrected chi connectivity index (χ3v) is 3.62. The van der Waals surface area contributed by atoms with Crippen LogP contribution in [-0.2, 0) is 0 Å². The fourth-order valence-corrected chi connectivity index (χ4v) is 2.31. The van der Waals surface area contributed by atoms with E-state index in [-0.39, 0.29) is 0 Å². The van der Waals surface area contributed by atoms with Crippen LogP contribution in [0.25, 0.3) is 0 Å². The molecule has 0 rings (SSSR count). The van der Waals surface area contributed by atoms with Gasteiger partial charge in [0.05, 0.1) is 0 Å². The van der Waals surface area contributed by atoms with Gasteiger partial charge in [0.1, 0.15) is 0 Å². The Morgan fingerprint density at radius 3 is 1.73 bits per heavy atom. The van der Waals surface area contributed by atoms with Gasteiger partial charge >= 0.3 is 0 Å². The number of unbranched alkanes of at least 4 members (excludes halogenated alkanes) is 6. The maximum absolute atomic E-state index is 5.49. The summed E-state index contributed by atoms with van der Waals surface area (Å²) in [5.74, 6) is 0. The van der Waals surface area contributed by atoms with Crippen LogP contribution < -0.4 is 11.5 Å². The van der Waals surface area contributed by atoms with Crippen LogP contribution in [0.2, 0.25) is 0 Å². The maximum atomic E-state index is 5.49. The Labute approximate surface area is 103 Å². The predicted molar refractivity (Wildman–Crippen MR) is 72.4 cm³/mol. The molecule has 4 N–H and O–H groups in total. The van der Waals surface area contributed by atoms with E-state index in [0.29, 0.717) is 4.83 Å². The van der Waals surface area contributed by atoms with Gasteiger partial charge in [-0.25, -0.2) is 0 Å². The van der Waals surface area contributed by atoms with Gasteiger partial charge in [0, 0.05) is 4.83 Å². The van der Waals surface area contributed by atoms with Crippen LogP contribution in [0.5, 0.6) is 0 Å². The summed E-state index contributed by atoms with van der Waals surface area (Å²) in [5, 5.41) is 0. The van der Waals surface area contributed by atoms with Gasteiger partial charge in [-0.3, -0.25) is 0 Å². The number of alkyl halides is 1. The van der Waals surface area contributed by atoms with E-state index in [2.05, 4.69) is 15.9 Å². The summed E-state index contributed by atoms with van der Waals surface area (Å²) in [5.41, 5.74) is 10.9. The van der Waals surface area contributed by atoms with Crippen molar-refractivity contribution in [2.75, 3.05) is 13.1 Å². The second-order valence-corrected chi connectivity index (χ2v) is 5.52. The molecule has 0 aromatic rings.